The molecule has 164 valence electrons. The molecule has 0 bridgehead atoms. The van der Waals surface area contributed by atoms with Crippen LogP contribution >= 0.6 is 11.3 Å². The van der Waals surface area contributed by atoms with E-state index in [1.54, 1.807) is 12.3 Å². The summed E-state index contributed by atoms with van der Waals surface area (Å²) in [5, 5.41) is 18.3. The normalized spacial score (nSPS) is 13.4. The van der Waals surface area contributed by atoms with E-state index < -0.39 is 5.97 Å². The molecule has 0 spiro atoms. The maximum Gasteiger partial charge on any atom is 0.300 e. The van der Waals surface area contributed by atoms with Crippen molar-refractivity contribution in [1.29, 1.82) is 0 Å². The first kappa shape index (κ1) is 22.3. The predicted molar refractivity (Wildman–Crippen MR) is 116 cm³/mol. The Morgan fingerprint density at radius 3 is 2.68 bits per heavy atom. The van der Waals surface area contributed by atoms with Crippen molar-refractivity contribution in [2.75, 3.05) is 42.9 Å². The van der Waals surface area contributed by atoms with Gasteiger partial charge in [0.05, 0.1) is 18.4 Å². The molecule has 5 N–H and O–H groups in total. The third-order valence-electron chi connectivity index (χ3n) is 4.13. The van der Waals surface area contributed by atoms with Crippen LogP contribution in [-0.2, 0) is 9.59 Å². The standard InChI is InChI=1S/C16H18N8O2S.C2H4O2/c17-7-13(25)20-11-5-10(8-19-9-11)15-22-24-14(26)6-12(21-16(24)27-15)23-3-1-18-2-4-23;1-2(3)4/h5-6,8-9,18H,1-4,7,17H2,(H,20,25);1H3,(H,3,4). The van der Waals surface area contributed by atoms with Crippen LogP contribution in [0, 0.1) is 0 Å². The van der Waals surface area contributed by atoms with Crippen LogP contribution in [0.25, 0.3) is 15.5 Å². The second-order valence-corrected chi connectivity index (χ2v) is 7.48. The minimum atomic E-state index is -0.833. The number of piperazine rings is 1. The number of hydrogen-bond acceptors (Lipinski definition) is 10. The molecule has 0 aliphatic carbocycles. The molecule has 0 aromatic carbocycles. The number of carbonyl (C=O) groups excluding carboxylic acids is 1. The van der Waals surface area contributed by atoms with Crippen LogP contribution in [0.5, 0.6) is 0 Å². The van der Waals surface area contributed by atoms with Gasteiger partial charge in [0.15, 0.2) is 0 Å². The summed E-state index contributed by atoms with van der Waals surface area (Å²) in [6.07, 6.45) is 3.15. The van der Waals surface area contributed by atoms with E-state index in [-0.39, 0.29) is 18.0 Å². The molecule has 1 aliphatic heterocycles. The molecule has 13 heteroatoms. The first-order valence-corrected chi connectivity index (χ1v) is 10.2. The molecule has 1 saturated heterocycles. The van der Waals surface area contributed by atoms with Crippen molar-refractivity contribution in [1.82, 2.24) is 24.9 Å². The van der Waals surface area contributed by atoms with E-state index in [0.29, 0.717) is 27.0 Å². The molecule has 31 heavy (non-hydrogen) atoms. The minimum absolute atomic E-state index is 0.112. The number of amides is 1. The Bertz CT molecular complexity index is 1140. The lowest BCUT2D eigenvalue weighted by atomic mass is 10.3. The third kappa shape index (κ3) is 5.81. The van der Waals surface area contributed by atoms with Gasteiger partial charge in [-0.15, -0.1) is 0 Å². The number of nitrogens with zero attached hydrogens (tertiary/aromatic N) is 5. The van der Waals surface area contributed by atoms with Gasteiger partial charge in [-0.1, -0.05) is 11.3 Å². The van der Waals surface area contributed by atoms with Crippen molar-refractivity contribution < 1.29 is 14.7 Å². The number of aliphatic carboxylic acids is 1. The summed E-state index contributed by atoms with van der Waals surface area (Å²) < 4.78 is 1.29. The van der Waals surface area contributed by atoms with Gasteiger partial charge in [0, 0.05) is 50.9 Å². The molecule has 4 rings (SSSR count). The number of nitrogens with one attached hydrogen (secondary N) is 2. The lowest BCUT2D eigenvalue weighted by Crippen LogP contribution is -2.44. The van der Waals surface area contributed by atoms with Crippen LogP contribution in [-0.4, -0.2) is 69.3 Å². The zero-order valence-corrected chi connectivity index (χ0v) is 17.6. The lowest BCUT2D eigenvalue weighted by molar-refractivity contribution is -0.134. The fraction of sp³-hybridized carbons (Fsp3) is 0.333. The van der Waals surface area contributed by atoms with Crippen molar-refractivity contribution in [3.63, 3.8) is 0 Å². The molecule has 1 amide bonds. The van der Waals surface area contributed by atoms with Crippen LogP contribution in [0.1, 0.15) is 6.92 Å². The topological polar surface area (TPSA) is 168 Å². The maximum atomic E-state index is 12.5. The van der Waals surface area contributed by atoms with Gasteiger partial charge in [0.1, 0.15) is 10.8 Å². The van der Waals surface area contributed by atoms with Gasteiger partial charge in [0.2, 0.25) is 10.9 Å². The second kappa shape index (κ2) is 10.1. The summed E-state index contributed by atoms with van der Waals surface area (Å²) in [5.41, 5.74) is 6.29. The molecule has 3 aromatic heterocycles. The first-order chi connectivity index (χ1) is 14.9. The zero-order chi connectivity index (χ0) is 22.4. The second-order valence-electron chi connectivity index (χ2n) is 6.52. The number of hydrogen-bond donors (Lipinski definition) is 4. The van der Waals surface area contributed by atoms with Gasteiger partial charge < -0.3 is 26.4 Å². The van der Waals surface area contributed by atoms with E-state index >= 15 is 0 Å². The molecule has 4 heterocycles. The Morgan fingerprint density at radius 2 is 2.00 bits per heavy atom. The van der Waals surface area contributed by atoms with Crippen LogP contribution in [0.15, 0.2) is 29.3 Å². The number of carboxylic acid groups (broad SMARTS) is 1. The van der Waals surface area contributed by atoms with Gasteiger partial charge in [-0.2, -0.15) is 9.61 Å². The number of carbonyl (C=O) groups is 2. The number of aromatic nitrogens is 4. The number of anilines is 2. The van der Waals surface area contributed by atoms with Crippen LogP contribution in [0.4, 0.5) is 11.5 Å². The van der Waals surface area contributed by atoms with Crippen molar-refractivity contribution >= 4 is 39.7 Å². The average molecular weight is 446 g/mol. The molecule has 0 radical (unpaired) electrons. The Balaban J connectivity index is 0.000000628. The quantitative estimate of drug-likeness (QED) is 0.414. The van der Waals surface area contributed by atoms with Crippen molar-refractivity contribution in [3.05, 3.63) is 34.9 Å². The number of rotatable bonds is 4. The number of carboxylic acids is 1. The fourth-order valence-electron chi connectivity index (χ4n) is 2.81. The van der Waals surface area contributed by atoms with Crippen molar-refractivity contribution in [3.8, 4) is 10.6 Å². The van der Waals surface area contributed by atoms with E-state index in [2.05, 4.69) is 30.6 Å². The zero-order valence-electron chi connectivity index (χ0n) is 16.7. The van der Waals surface area contributed by atoms with E-state index in [1.807, 2.05) is 0 Å². The highest BCUT2D eigenvalue weighted by atomic mass is 32.1. The smallest absolute Gasteiger partial charge is 0.300 e. The number of nitrogens with two attached hydrogens (primary N) is 1. The molecule has 0 unspecified atom stereocenters. The summed E-state index contributed by atoms with van der Waals surface area (Å²) >= 11 is 1.30. The molecule has 1 aliphatic rings. The van der Waals surface area contributed by atoms with Gasteiger partial charge in [-0.3, -0.25) is 19.4 Å². The maximum absolute atomic E-state index is 12.5. The number of pyridine rings is 1. The predicted octanol–water partition coefficient (Wildman–Crippen LogP) is -0.389. The summed E-state index contributed by atoms with van der Waals surface area (Å²) in [5.74, 6) is -0.476. The molecular formula is C18H22N8O4S. The van der Waals surface area contributed by atoms with Gasteiger partial charge >= 0.3 is 0 Å². The van der Waals surface area contributed by atoms with Gasteiger partial charge in [0.25, 0.3) is 11.5 Å². The average Bonchev–Trinajstić information content (AvgIpc) is 3.19. The highest BCUT2D eigenvalue weighted by Crippen LogP contribution is 2.26. The summed E-state index contributed by atoms with van der Waals surface area (Å²) in [7, 11) is 0. The summed E-state index contributed by atoms with van der Waals surface area (Å²) in [4.78, 5) is 44.3. The molecule has 0 atom stereocenters. The molecule has 3 aromatic rings. The number of fused-ring (bicyclic) bond motifs is 1. The first-order valence-electron chi connectivity index (χ1n) is 9.39. The summed E-state index contributed by atoms with van der Waals surface area (Å²) in [6.45, 7) is 4.31. The molecule has 1 fully saturated rings. The largest absolute Gasteiger partial charge is 0.481 e. The molecule has 12 nitrogen and oxygen atoms in total. The van der Waals surface area contributed by atoms with E-state index in [1.165, 1.54) is 28.1 Å². The van der Waals surface area contributed by atoms with Crippen molar-refractivity contribution in [2.45, 2.75) is 6.92 Å². The SMILES string of the molecule is CC(=O)O.NCC(=O)Nc1cncc(-c2nn3c(=O)cc(N4CCNCC4)nc3s2)c1. The van der Waals surface area contributed by atoms with Gasteiger partial charge in [-0.25, -0.2) is 4.98 Å². The monoisotopic (exact) mass is 446 g/mol. The summed E-state index contributed by atoms with van der Waals surface area (Å²) in [6, 6.07) is 3.25. The highest BCUT2D eigenvalue weighted by Gasteiger charge is 2.16. The molecular weight excluding hydrogens is 424 g/mol. The third-order valence-corrected chi connectivity index (χ3v) is 5.08. The Kier molecular flexibility index (Phi) is 7.23. The van der Waals surface area contributed by atoms with Crippen LogP contribution < -0.4 is 26.8 Å². The van der Waals surface area contributed by atoms with E-state index in [0.717, 1.165) is 33.1 Å². The van der Waals surface area contributed by atoms with Crippen LogP contribution in [0.2, 0.25) is 0 Å². The van der Waals surface area contributed by atoms with Gasteiger partial charge in [-0.05, 0) is 6.07 Å². The van der Waals surface area contributed by atoms with E-state index in [4.69, 9.17) is 15.6 Å². The highest BCUT2D eigenvalue weighted by molar-refractivity contribution is 7.19. The Morgan fingerprint density at radius 1 is 1.29 bits per heavy atom. The Hall–Kier alpha value is -3.42. The minimum Gasteiger partial charge on any atom is -0.481 e. The lowest BCUT2D eigenvalue weighted by Gasteiger charge is -2.27. The van der Waals surface area contributed by atoms with E-state index in [9.17, 15) is 9.59 Å². The van der Waals surface area contributed by atoms with Crippen molar-refractivity contribution in [2.24, 2.45) is 5.73 Å². The fourth-order valence-corrected chi connectivity index (χ4v) is 3.69. The molecule has 0 saturated carbocycles. The Labute approximate surface area is 180 Å². The van der Waals surface area contributed by atoms with Crippen LogP contribution in [0.3, 0.4) is 0 Å².